The summed E-state index contributed by atoms with van der Waals surface area (Å²) in [4.78, 5) is 15.3. The van der Waals surface area contributed by atoms with Crippen LogP contribution < -0.4 is 0 Å². The molecule has 3 nitrogen and oxygen atoms in total. The summed E-state index contributed by atoms with van der Waals surface area (Å²) in [6.45, 7) is 9.24. The van der Waals surface area contributed by atoms with Crippen LogP contribution >= 0.6 is 11.3 Å². The standard InChI is InChI=1S/C16H25NO2S/c1-4-19-14(18)9-5-6-10-17-12-16(2,3)15(17)13-8-7-11-20-13/h7-8,11,15H,4-6,9-10,12H2,1-3H3/t15-/m1/s1. The van der Waals surface area contributed by atoms with Gasteiger partial charge in [0.1, 0.15) is 0 Å². The largest absolute Gasteiger partial charge is 0.466 e. The van der Waals surface area contributed by atoms with Crippen molar-refractivity contribution in [2.45, 2.75) is 46.1 Å². The summed E-state index contributed by atoms with van der Waals surface area (Å²) >= 11 is 1.85. The molecule has 1 aliphatic heterocycles. The quantitative estimate of drug-likeness (QED) is 0.565. The predicted molar refractivity (Wildman–Crippen MR) is 82.9 cm³/mol. The Bertz CT molecular complexity index is 428. The van der Waals surface area contributed by atoms with Crippen molar-refractivity contribution in [2.24, 2.45) is 5.41 Å². The molecule has 1 aromatic rings. The highest BCUT2D eigenvalue weighted by Gasteiger charge is 2.46. The van der Waals surface area contributed by atoms with Crippen molar-refractivity contribution in [1.29, 1.82) is 0 Å². The summed E-state index contributed by atoms with van der Waals surface area (Å²) < 4.78 is 4.95. The zero-order valence-corrected chi connectivity index (χ0v) is 13.5. The van der Waals surface area contributed by atoms with Gasteiger partial charge in [0, 0.05) is 17.8 Å². The van der Waals surface area contributed by atoms with Crippen LogP contribution in [0.25, 0.3) is 0 Å². The molecule has 2 heterocycles. The highest BCUT2D eigenvalue weighted by molar-refractivity contribution is 7.10. The average molecular weight is 295 g/mol. The number of esters is 1. The Morgan fingerprint density at radius 3 is 2.90 bits per heavy atom. The van der Waals surface area contributed by atoms with Crippen LogP contribution in [0.4, 0.5) is 0 Å². The van der Waals surface area contributed by atoms with Crippen molar-refractivity contribution in [2.75, 3.05) is 19.7 Å². The van der Waals surface area contributed by atoms with Crippen molar-refractivity contribution in [3.8, 4) is 0 Å². The van der Waals surface area contributed by atoms with Gasteiger partial charge in [-0.1, -0.05) is 19.9 Å². The summed E-state index contributed by atoms with van der Waals surface area (Å²) in [5, 5.41) is 2.16. The van der Waals surface area contributed by atoms with Gasteiger partial charge in [0.05, 0.1) is 12.6 Å². The van der Waals surface area contributed by atoms with E-state index in [0.717, 1.165) is 25.9 Å². The number of hydrogen-bond acceptors (Lipinski definition) is 4. The van der Waals surface area contributed by atoms with Crippen molar-refractivity contribution in [3.63, 3.8) is 0 Å². The fraction of sp³-hybridized carbons (Fsp3) is 0.688. The first kappa shape index (κ1) is 15.5. The smallest absolute Gasteiger partial charge is 0.305 e. The van der Waals surface area contributed by atoms with Gasteiger partial charge in [0.2, 0.25) is 0 Å². The lowest BCUT2D eigenvalue weighted by atomic mass is 9.74. The van der Waals surface area contributed by atoms with E-state index in [1.54, 1.807) is 0 Å². The number of carbonyl (C=O) groups is 1. The molecule has 20 heavy (non-hydrogen) atoms. The highest BCUT2D eigenvalue weighted by atomic mass is 32.1. The van der Waals surface area contributed by atoms with E-state index in [9.17, 15) is 4.79 Å². The highest BCUT2D eigenvalue weighted by Crippen LogP contribution is 2.49. The van der Waals surface area contributed by atoms with Gasteiger partial charge in [-0.3, -0.25) is 9.69 Å². The van der Waals surface area contributed by atoms with Gasteiger partial charge < -0.3 is 4.74 Å². The van der Waals surface area contributed by atoms with Gasteiger partial charge in [0.25, 0.3) is 0 Å². The number of thiophene rings is 1. The van der Waals surface area contributed by atoms with Gasteiger partial charge in [-0.15, -0.1) is 11.3 Å². The maximum Gasteiger partial charge on any atom is 0.305 e. The van der Waals surface area contributed by atoms with E-state index in [2.05, 4.69) is 36.3 Å². The molecule has 0 aromatic carbocycles. The lowest BCUT2D eigenvalue weighted by Gasteiger charge is -2.54. The molecule has 4 heteroatoms. The molecule has 0 aliphatic carbocycles. The van der Waals surface area contributed by atoms with Gasteiger partial charge in [0.15, 0.2) is 0 Å². The first-order valence-corrected chi connectivity index (χ1v) is 8.35. The average Bonchev–Trinajstić information content (AvgIpc) is 2.86. The van der Waals surface area contributed by atoms with Crippen molar-refractivity contribution < 1.29 is 9.53 Å². The lowest BCUT2D eigenvalue weighted by Crippen LogP contribution is -2.55. The van der Waals surface area contributed by atoms with Crippen molar-refractivity contribution >= 4 is 17.3 Å². The zero-order chi connectivity index (χ0) is 14.6. The number of hydrogen-bond donors (Lipinski definition) is 0. The molecule has 0 spiro atoms. The monoisotopic (exact) mass is 295 g/mol. The number of nitrogens with zero attached hydrogens (tertiary/aromatic N) is 1. The number of rotatable bonds is 7. The lowest BCUT2D eigenvalue weighted by molar-refractivity contribution is -0.143. The topological polar surface area (TPSA) is 29.5 Å². The van der Waals surface area contributed by atoms with E-state index >= 15 is 0 Å². The molecular formula is C16H25NO2S. The molecule has 2 rings (SSSR count). The number of likely N-dealkylation sites (tertiary alicyclic amines) is 1. The third kappa shape index (κ3) is 3.61. The van der Waals surface area contributed by atoms with Crippen LogP contribution in [0.2, 0.25) is 0 Å². The summed E-state index contributed by atoms with van der Waals surface area (Å²) in [5.74, 6) is -0.0637. The third-order valence-corrected chi connectivity index (χ3v) is 4.83. The fourth-order valence-corrected chi connectivity index (χ4v) is 4.19. The minimum absolute atomic E-state index is 0.0637. The van der Waals surface area contributed by atoms with Crippen LogP contribution in [0.15, 0.2) is 17.5 Å². The molecule has 1 fully saturated rings. The molecular weight excluding hydrogens is 270 g/mol. The molecule has 0 bridgehead atoms. The molecule has 112 valence electrons. The summed E-state index contributed by atoms with van der Waals surface area (Å²) in [5.41, 5.74) is 0.367. The minimum atomic E-state index is -0.0637. The van der Waals surface area contributed by atoms with Crippen molar-refractivity contribution in [3.05, 3.63) is 22.4 Å². The maximum atomic E-state index is 11.3. The van der Waals surface area contributed by atoms with Crippen molar-refractivity contribution in [1.82, 2.24) is 4.90 Å². The molecule has 0 N–H and O–H groups in total. The molecule has 1 aromatic heterocycles. The van der Waals surface area contributed by atoms with Crippen LogP contribution in [-0.2, 0) is 9.53 Å². The number of ether oxygens (including phenoxy) is 1. The van der Waals surface area contributed by atoms with Crippen LogP contribution in [0.1, 0.15) is 51.0 Å². The Balaban J connectivity index is 1.75. The Morgan fingerprint density at radius 1 is 1.50 bits per heavy atom. The zero-order valence-electron chi connectivity index (χ0n) is 12.7. The first-order valence-electron chi connectivity index (χ1n) is 7.47. The predicted octanol–water partition coefficient (Wildman–Crippen LogP) is 3.86. The van der Waals surface area contributed by atoms with E-state index in [-0.39, 0.29) is 5.97 Å². The molecule has 0 unspecified atom stereocenters. The van der Waals surface area contributed by atoms with Crippen LogP contribution in [-0.4, -0.2) is 30.6 Å². The van der Waals surface area contributed by atoms with E-state index in [1.807, 2.05) is 18.3 Å². The maximum absolute atomic E-state index is 11.3. The molecule has 0 amide bonds. The molecule has 1 aliphatic rings. The molecule has 0 saturated carbocycles. The Kier molecular flexibility index (Phi) is 5.22. The molecule has 1 saturated heterocycles. The molecule has 0 radical (unpaired) electrons. The Hall–Kier alpha value is -0.870. The summed E-state index contributed by atoms with van der Waals surface area (Å²) in [6.07, 6.45) is 2.54. The number of carbonyl (C=O) groups excluding carboxylic acids is 1. The second-order valence-corrected chi connectivity index (χ2v) is 7.12. The van der Waals surface area contributed by atoms with E-state index < -0.39 is 0 Å². The Morgan fingerprint density at radius 2 is 2.30 bits per heavy atom. The first-order chi connectivity index (χ1) is 9.54. The second kappa shape index (κ2) is 6.72. The van der Waals surface area contributed by atoms with E-state index in [0.29, 0.717) is 24.5 Å². The Labute approximate surface area is 125 Å². The van der Waals surface area contributed by atoms with E-state index in [1.165, 1.54) is 4.88 Å². The number of unbranched alkanes of at least 4 members (excludes halogenated alkanes) is 1. The second-order valence-electron chi connectivity index (χ2n) is 6.14. The fourth-order valence-electron chi connectivity index (χ4n) is 3.12. The van der Waals surface area contributed by atoms with Gasteiger partial charge >= 0.3 is 5.97 Å². The minimum Gasteiger partial charge on any atom is -0.466 e. The summed E-state index contributed by atoms with van der Waals surface area (Å²) in [6, 6.07) is 4.92. The van der Waals surface area contributed by atoms with Gasteiger partial charge in [-0.2, -0.15) is 0 Å². The van der Waals surface area contributed by atoms with Crippen LogP contribution in [0, 0.1) is 5.41 Å². The SMILES string of the molecule is CCOC(=O)CCCCN1CC(C)(C)[C@H]1c1cccs1. The van der Waals surface area contributed by atoms with Crippen LogP contribution in [0.3, 0.4) is 0 Å². The summed E-state index contributed by atoms with van der Waals surface area (Å²) in [7, 11) is 0. The normalized spacial score (nSPS) is 21.4. The van der Waals surface area contributed by atoms with Gasteiger partial charge in [-0.25, -0.2) is 0 Å². The van der Waals surface area contributed by atoms with Gasteiger partial charge in [-0.05, 0) is 43.2 Å². The third-order valence-electron chi connectivity index (χ3n) is 3.91. The molecule has 1 atom stereocenters. The van der Waals surface area contributed by atoms with Crippen LogP contribution in [0.5, 0.6) is 0 Å². The van der Waals surface area contributed by atoms with E-state index in [4.69, 9.17) is 4.74 Å².